The van der Waals surface area contributed by atoms with Gasteiger partial charge in [0.25, 0.3) is 10.0 Å². The van der Waals surface area contributed by atoms with E-state index in [4.69, 9.17) is 11.6 Å². The summed E-state index contributed by atoms with van der Waals surface area (Å²) in [6.07, 6.45) is 3.70. The molecule has 0 radical (unpaired) electrons. The first kappa shape index (κ1) is 24.6. The highest BCUT2D eigenvalue weighted by Gasteiger charge is 2.29. The quantitative estimate of drug-likeness (QED) is 0.415. The number of halogens is 2. The minimum Gasteiger partial charge on any atom is -0.313 e. The summed E-state index contributed by atoms with van der Waals surface area (Å²) < 4.78 is 45.1. The van der Waals surface area contributed by atoms with Crippen molar-refractivity contribution < 1.29 is 12.8 Å². The van der Waals surface area contributed by atoms with E-state index in [0.717, 1.165) is 38.2 Å². The van der Waals surface area contributed by atoms with Crippen molar-refractivity contribution in [1.29, 1.82) is 0 Å². The molecular formula is C24H29ClFN5O2S. The molecule has 2 aromatic carbocycles. The first-order valence-electron chi connectivity index (χ1n) is 11.5. The van der Waals surface area contributed by atoms with Crippen molar-refractivity contribution in [2.75, 3.05) is 23.9 Å². The molecule has 0 aliphatic carbocycles. The number of nitrogens with zero attached hydrogens (tertiary/aromatic N) is 5. The molecule has 0 bridgehead atoms. The van der Waals surface area contributed by atoms with E-state index in [1.165, 1.54) is 28.6 Å². The Morgan fingerprint density at radius 2 is 1.82 bits per heavy atom. The third-order valence-corrected chi connectivity index (χ3v) is 8.24. The normalized spacial score (nSPS) is 14.6. The zero-order valence-electron chi connectivity index (χ0n) is 19.4. The maximum Gasteiger partial charge on any atom is 0.264 e. The number of hydrogen-bond acceptors (Lipinski definition) is 5. The van der Waals surface area contributed by atoms with E-state index in [1.807, 2.05) is 18.5 Å². The number of hydrogen-bond donors (Lipinski definition) is 0. The van der Waals surface area contributed by atoms with Crippen molar-refractivity contribution in [1.82, 2.24) is 19.7 Å². The fourth-order valence-corrected chi connectivity index (χ4v) is 5.89. The van der Waals surface area contributed by atoms with Crippen LogP contribution in [0.1, 0.15) is 38.4 Å². The highest BCUT2D eigenvalue weighted by atomic mass is 35.5. The first-order valence-corrected chi connectivity index (χ1v) is 13.3. The van der Waals surface area contributed by atoms with Gasteiger partial charge in [0, 0.05) is 25.2 Å². The molecule has 1 saturated heterocycles. The van der Waals surface area contributed by atoms with Gasteiger partial charge in [-0.05, 0) is 50.6 Å². The third-order valence-electron chi connectivity index (χ3n) is 6.12. The van der Waals surface area contributed by atoms with E-state index in [-0.39, 0.29) is 22.2 Å². The van der Waals surface area contributed by atoms with Crippen LogP contribution in [0.5, 0.6) is 0 Å². The summed E-state index contributed by atoms with van der Waals surface area (Å²) in [6, 6.07) is 10.8. The van der Waals surface area contributed by atoms with Crippen LogP contribution in [0.2, 0.25) is 5.02 Å². The molecule has 7 nitrogen and oxygen atoms in total. The predicted molar refractivity (Wildman–Crippen MR) is 132 cm³/mol. The lowest BCUT2D eigenvalue weighted by molar-refractivity contribution is 0.318. The highest BCUT2D eigenvalue weighted by Crippen LogP contribution is 2.37. The predicted octanol–water partition coefficient (Wildman–Crippen LogP) is 4.87. The molecule has 3 aromatic rings. The molecule has 0 spiro atoms. The number of likely N-dealkylation sites (tertiary alicyclic amines) is 1. The van der Waals surface area contributed by atoms with Crippen molar-refractivity contribution in [2.45, 2.75) is 44.0 Å². The van der Waals surface area contributed by atoms with E-state index in [1.54, 1.807) is 18.2 Å². The van der Waals surface area contributed by atoms with E-state index in [9.17, 15) is 12.8 Å². The molecule has 2 heterocycles. The molecule has 1 fully saturated rings. The zero-order chi connectivity index (χ0) is 24.3. The largest absolute Gasteiger partial charge is 0.313 e. The number of benzene rings is 2. The van der Waals surface area contributed by atoms with Gasteiger partial charge in [0.2, 0.25) is 0 Å². The average molecular weight is 506 g/mol. The van der Waals surface area contributed by atoms with Crippen molar-refractivity contribution in [3.05, 3.63) is 59.1 Å². The number of anilines is 1. The van der Waals surface area contributed by atoms with Crippen LogP contribution in [0.3, 0.4) is 0 Å². The Kier molecular flexibility index (Phi) is 7.54. The average Bonchev–Trinajstić information content (AvgIpc) is 3.47. The van der Waals surface area contributed by atoms with Gasteiger partial charge in [-0.2, -0.15) is 0 Å². The van der Waals surface area contributed by atoms with E-state index >= 15 is 0 Å². The number of sulfonamides is 1. The van der Waals surface area contributed by atoms with Gasteiger partial charge in [-0.15, -0.1) is 10.2 Å². The van der Waals surface area contributed by atoms with Crippen molar-refractivity contribution in [3.8, 4) is 11.4 Å². The molecular weight excluding hydrogens is 477 g/mol. The summed E-state index contributed by atoms with van der Waals surface area (Å²) >= 11 is 6.16. The summed E-state index contributed by atoms with van der Waals surface area (Å²) in [4.78, 5) is 2.44. The summed E-state index contributed by atoms with van der Waals surface area (Å²) in [5, 5.41) is 8.62. The third kappa shape index (κ3) is 4.96. The Morgan fingerprint density at radius 1 is 1.12 bits per heavy atom. The van der Waals surface area contributed by atoms with Gasteiger partial charge < -0.3 is 4.57 Å². The van der Waals surface area contributed by atoms with Crippen molar-refractivity contribution in [2.24, 2.45) is 7.05 Å². The van der Waals surface area contributed by atoms with E-state index in [2.05, 4.69) is 15.1 Å². The van der Waals surface area contributed by atoms with Gasteiger partial charge >= 0.3 is 0 Å². The Bertz CT molecular complexity index is 1240. The van der Waals surface area contributed by atoms with Crippen LogP contribution in [0.25, 0.3) is 11.4 Å². The minimum atomic E-state index is -3.95. The van der Waals surface area contributed by atoms with Gasteiger partial charge in [-0.25, -0.2) is 12.8 Å². The Labute approximate surface area is 205 Å². The number of unbranched alkanes of at least 4 members (excludes halogenated alkanes) is 1. The van der Waals surface area contributed by atoms with Gasteiger partial charge in [0.1, 0.15) is 11.6 Å². The van der Waals surface area contributed by atoms with Crippen LogP contribution < -0.4 is 4.31 Å². The summed E-state index contributed by atoms with van der Waals surface area (Å²) in [6.45, 7) is 4.84. The van der Waals surface area contributed by atoms with Crippen LogP contribution in [-0.2, 0) is 23.6 Å². The maximum absolute atomic E-state index is 14.7. The van der Waals surface area contributed by atoms with Gasteiger partial charge in [0.15, 0.2) is 5.82 Å². The molecule has 0 N–H and O–H groups in total. The fourth-order valence-electron chi connectivity index (χ4n) is 4.19. The Morgan fingerprint density at radius 3 is 2.50 bits per heavy atom. The SMILES string of the molecule is CCCCN(c1cc(F)c(Cl)cc1-c1nnc(CN2CCCC2)n1C)S(=O)(=O)c1ccccc1. The van der Waals surface area contributed by atoms with Gasteiger partial charge in [-0.3, -0.25) is 9.21 Å². The lowest BCUT2D eigenvalue weighted by atomic mass is 10.1. The smallest absolute Gasteiger partial charge is 0.264 e. The molecule has 1 aliphatic heterocycles. The monoisotopic (exact) mass is 505 g/mol. The number of rotatable bonds is 9. The Balaban J connectivity index is 1.83. The molecule has 0 unspecified atom stereocenters. The second-order valence-corrected chi connectivity index (χ2v) is 10.8. The maximum atomic E-state index is 14.7. The second-order valence-electron chi connectivity index (χ2n) is 8.51. The first-order chi connectivity index (χ1) is 16.3. The lowest BCUT2D eigenvalue weighted by Gasteiger charge is -2.27. The Hall–Kier alpha value is -2.49. The highest BCUT2D eigenvalue weighted by molar-refractivity contribution is 7.92. The van der Waals surface area contributed by atoms with E-state index in [0.29, 0.717) is 24.4 Å². The van der Waals surface area contributed by atoms with Crippen LogP contribution in [0.15, 0.2) is 47.4 Å². The molecule has 10 heteroatoms. The van der Waals surface area contributed by atoms with Crippen molar-refractivity contribution >= 4 is 27.3 Å². The molecule has 1 aromatic heterocycles. The van der Waals surface area contributed by atoms with Crippen molar-refractivity contribution in [3.63, 3.8) is 0 Å². The molecule has 0 amide bonds. The van der Waals surface area contributed by atoms with Gasteiger partial charge in [0.05, 0.1) is 22.2 Å². The number of aromatic nitrogens is 3. The minimum absolute atomic E-state index is 0.101. The fraction of sp³-hybridized carbons (Fsp3) is 0.417. The van der Waals surface area contributed by atoms with Crippen LogP contribution >= 0.6 is 11.6 Å². The second kappa shape index (κ2) is 10.4. The molecule has 4 rings (SSSR count). The molecule has 34 heavy (non-hydrogen) atoms. The van der Waals surface area contributed by atoms with Crippen LogP contribution in [0.4, 0.5) is 10.1 Å². The molecule has 0 atom stereocenters. The summed E-state index contributed by atoms with van der Waals surface area (Å²) in [5.74, 6) is 0.509. The molecule has 0 saturated carbocycles. The summed E-state index contributed by atoms with van der Waals surface area (Å²) in [7, 11) is -2.12. The van der Waals surface area contributed by atoms with Crippen LogP contribution in [0, 0.1) is 5.82 Å². The van der Waals surface area contributed by atoms with Gasteiger partial charge in [-0.1, -0.05) is 43.1 Å². The van der Waals surface area contributed by atoms with Crippen LogP contribution in [-0.4, -0.2) is 47.7 Å². The lowest BCUT2D eigenvalue weighted by Crippen LogP contribution is -2.32. The van der Waals surface area contributed by atoms with E-state index < -0.39 is 15.8 Å². The molecule has 1 aliphatic rings. The molecule has 182 valence electrons. The standard InChI is InChI=1S/C24H29ClFN5O2S/c1-3-4-14-31(34(32,33)18-10-6-5-7-11-18)22-16-21(26)20(25)15-19(22)24-28-27-23(29(24)2)17-30-12-8-9-13-30/h5-7,10-11,15-16H,3-4,8-9,12-14,17H2,1-2H3. The zero-order valence-corrected chi connectivity index (χ0v) is 21.0. The summed E-state index contributed by atoms with van der Waals surface area (Å²) in [5.41, 5.74) is 0.618. The topological polar surface area (TPSA) is 71.3 Å².